The van der Waals surface area contributed by atoms with E-state index in [0.717, 1.165) is 5.56 Å². The van der Waals surface area contributed by atoms with Crippen molar-refractivity contribution in [3.8, 4) is 0 Å². The number of aliphatic hydroxyl groups excluding tert-OH is 1. The summed E-state index contributed by atoms with van der Waals surface area (Å²) in [5.74, 6) is 0.661. The number of nitrogens with one attached hydrogen (secondary N) is 1. The van der Waals surface area contributed by atoms with Crippen LogP contribution in [0, 0.1) is 22.5 Å². The average Bonchev–Trinajstić information content (AvgIpc) is 2.55. The van der Waals surface area contributed by atoms with E-state index in [1.807, 2.05) is 44.2 Å². The summed E-state index contributed by atoms with van der Waals surface area (Å²) in [5, 5.41) is 23.9. The van der Waals surface area contributed by atoms with E-state index in [1.165, 1.54) is 6.20 Å². The molecule has 0 saturated heterocycles. The number of benzene rings is 1. The second-order valence-electron chi connectivity index (χ2n) is 6.60. The smallest absolute Gasteiger partial charge is 0.290 e. The molecule has 6 nitrogen and oxygen atoms in total. The Morgan fingerprint density at radius 3 is 2.54 bits per heavy atom. The maximum atomic E-state index is 10.9. The Morgan fingerprint density at radius 2 is 2.00 bits per heavy atom. The molecule has 0 radical (unpaired) electrons. The first kappa shape index (κ1) is 17.9. The number of anilines is 1. The quantitative estimate of drug-likeness (QED) is 0.599. The van der Waals surface area contributed by atoms with Crippen LogP contribution in [0.3, 0.4) is 0 Å². The molecule has 1 unspecified atom stereocenters. The molecule has 24 heavy (non-hydrogen) atoms. The summed E-state index contributed by atoms with van der Waals surface area (Å²) in [6.45, 7) is 6.35. The minimum absolute atomic E-state index is 0.0100. The highest BCUT2D eigenvalue weighted by Gasteiger charge is 2.30. The Balaban J connectivity index is 2.19. The van der Waals surface area contributed by atoms with Crippen LogP contribution in [0.1, 0.15) is 30.9 Å². The molecule has 0 aliphatic carbocycles. The largest absolute Gasteiger partial charge is 0.396 e. The lowest BCUT2D eigenvalue weighted by Crippen LogP contribution is -2.31. The van der Waals surface area contributed by atoms with Gasteiger partial charge in [0.05, 0.1) is 4.92 Å². The number of hydrogen-bond acceptors (Lipinski definition) is 5. The van der Waals surface area contributed by atoms with E-state index in [-0.39, 0.29) is 23.6 Å². The molecule has 0 aliphatic rings. The molecule has 0 fully saturated rings. The van der Waals surface area contributed by atoms with Crippen LogP contribution in [-0.2, 0) is 0 Å². The predicted octanol–water partition coefficient (Wildman–Crippen LogP) is 3.51. The molecule has 128 valence electrons. The first-order valence-corrected chi connectivity index (χ1v) is 7.86. The van der Waals surface area contributed by atoms with Crippen LogP contribution in [0.2, 0.25) is 0 Å². The number of aliphatic hydroxyl groups is 1. The van der Waals surface area contributed by atoms with Crippen molar-refractivity contribution < 1.29 is 10.0 Å². The second kappa shape index (κ2) is 7.40. The lowest BCUT2D eigenvalue weighted by Gasteiger charge is -2.33. The molecule has 2 aromatic rings. The Hall–Kier alpha value is -2.47. The van der Waals surface area contributed by atoms with Crippen LogP contribution in [-0.4, -0.2) is 28.2 Å². The lowest BCUT2D eigenvalue weighted by molar-refractivity contribution is -0.385. The number of aryl methyl sites for hydroxylation is 1. The van der Waals surface area contributed by atoms with Gasteiger partial charge in [-0.25, -0.2) is 4.98 Å². The Morgan fingerprint density at radius 1 is 1.33 bits per heavy atom. The second-order valence-corrected chi connectivity index (χ2v) is 6.60. The minimum atomic E-state index is -0.437. The zero-order chi connectivity index (χ0) is 17.7. The number of nitrogens with zero attached hydrogens (tertiary/aromatic N) is 2. The van der Waals surface area contributed by atoms with E-state index in [2.05, 4.69) is 10.3 Å². The van der Waals surface area contributed by atoms with Gasteiger partial charge in [-0.2, -0.15) is 0 Å². The SMILES string of the molecule is Cc1cc(NCC(c2ccccc2)C(C)(C)CO)ncc1[N+](=O)[O-]. The standard InChI is InChI=1S/C18H23N3O3/c1-13-9-17(20-11-16(13)21(23)24)19-10-15(18(2,3)12-22)14-7-5-4-6-8-14/h4-9,11,15,22H,10,12H2,1-3H3,(H,19,20). The summed E-state index contributed by atoms with van der Waals surface area (Å²) >= 11 is 0. The highest BCUT2D eigenvalue weighted by molar-refractivity contribution is 5.47. The molecule has 2 N–H and O–H groups in total. The van der Waals surface area contributed by atoms with E-state index >= 15 is 0 Å². The van der Waals surface area contributed by atoms with Crippen molar-refractivity contribution in [3.63, 3.8) is 0 Å². The van der Waals surface area contributed by atoms with Gasteiger partial charge in [0.2, 0.25) is 0 Å². The van der Waals surface area contributed by atoms with Crippen molar-refractivity contribution in [2.45, 2.75) is 26.7 Å². The van der Waals surface area contributed by atoms with Gasteiger partial charge in [-0.15, -0.1) is 0 Å². The fourth-order valence-corrected chi connectivity index (χ4v) is 2.68. The van der Waals surface area contributed by atoms with Crippen LogP contribution in [0.5, 0.6) is 0 Å². The molecular formula is C18H23N3O3. The third-order valence-electron chi connectivity index (χ3n) is 4.32. The van der Waals surface area contributed by atoms with Gasteiger partial charge < -0.3 is 10.4 Å². The molecule has 1 atom stereocenters. The van der Waals surface area contributed by atoms with Crippen LogP contribution in [0.25, 0.3) is 0 Å². The molecule has 0 aliphatic heterocycles. The molecule has 1 heterocycles. The number of pyridine rings is 1. The molecule has 0 saturated carbocycles. The third kappa shape index (κ3) is 4.08. The van der Waals surface area contributed by atoms with Crippen LogP contribution in [0.15, 0.2) is 42.6 Å². The Labute approximate surface area is 141 Å². The zero-order valence-corrected chi connectivity index (χ0v) is 14.2. The molecule has 2 rings (SSSR count). The van der Waals surface area contributed by atoms with E-state index in [0.29, 0.717) is 17.9 Å². The zero-order valence-electron chi connectivity index (χ0n) is 14.2. The monoisotopic (exact) mass is 329 g/mol. The Kier molecular flexibility index (Phi) is 5.51. The maximum Gasteiger partial charge on any atom is 0.290 e. The topological polar surface area (TPSA) is 88.3 Å². The van der Waals surface area contributed by atoms with Crippen molar-refractivity contribution in [1.82, 2.24) is 4.98 Å². The molecule has 0 bridgehead atoms. The highest BCUT2D eigenvalue weighted by atomic mass is 16.6. The van der Waals surface area contributed by atoms with Crippen molar-refractivity contribution in [2.24, 2.45) is 5.41 Å². The first-order chi connectivity index (χ1) is 11.3. The van der Waals surface area contributed by atoms with Crippen LogP contribution in [0.4, 0.5) is 11.5 Å². The fraction of sp³-hybridized carbons (Fsp3) is 0.389. The van der Waals surface area contributed by atoms with Gasteiger partial charge in [0.25, 0.3) is 5.69 Å². The predicted molar refractivity (Wildman–Crippen MR) is 94.2 cm³/mol. The van der Waals surface area contributed by atoms with Crippen molar-refractivity contribution in [3.05, 3.63) is 63.8 Å². The number of rotatable bonds is 7. The highest BCUT2D eigenvalue weighted by Crippen LogP contribution is 2.35. The summed E-state index contributed by atoms with van der Waals surface area (Å²) in [6.07, 6.45) is 1.27. The third-order valence-corrected chi connectivity index (χ3v) is 4.32. The van der Waals surface area contributed by atoms with Crippen molar-refractivity contribution in [2.75, 3.05) is 18.5 Å². The summed E-state index contributed by atoms with van der Waals surface area (Å²) in [5.41, 5.74) is 1.39. The van der Waals surface area contributed by atoms with Gasteiger partial charge >= 0.3 is 0 Å². The van der Waals surface area contributed by atoms with E-state index in [9.17, 15) is 15.2 Å². The summed E-state index contributed by atoms with van der Waals surface area (Å²) in [4.78, 5) is 14.6. The number of aromatic nitrogens is 1. The van der Waals surface area contributed by atoms with Crippen LogP contribution < -0.4 is 5.32 Å². The lowest BCUT2D eigenvalue weighted by atomic mass is 9.75. The molecular weight excluding hydrogens is 306 g/mol. The van der Waals surface area contributed by atoms with Crippen LogP contribution >= 0.6 is 0 Å². The first-order valence-electron chi connectivity index (χ1n) is 7.86. The summed E-state index contributed by atoms with van der Waals surface area (Å²) < 4.78 is 0. The average molecular weight is 329 g/mol. The van der Waals surface area contributed by atoms with Crippen molar-refractivity contribution >= 4 is 11.5 Å². The number of nitro groups is 1. The molecule has 1 aromatic carbocycles. The minimum Gasteiger partial charge on any atom is -0.396 e. The van der Waals surface area contributed by atoms with Gasteiger partial charge in [-0.3, -0.25) is 10.1 Å². The summed E-state index contributed by atoms with van der Waals surface area (Å²) in [7, 11) is 0. The molecule has 6 heteroatoms. The fourth-order valence-electron chi connectivity index (χ4n) is 2.68. The van der Waals surface area contributed by atoms with E-state index < -0.39 is 4.92 Å². The Bertz CT molecular complexity index is 702. The number of hydrogen-bond donors (Lipinski definition) is 2. The summed E-state index contributed by atoms with van der Waals surface area (Å²) in [6, 6.07) is 11.7. The van der Waals surface area contributed by atoms with E-state index in [4.69, 9.17) is 0 Å². The van der Waals surface area contributed by atoms with E-state index in [1.54, 1.807) is 13.0 Å². The molecule has 1 aromatic heterocycles. The molecule has 0 spiro atoms. The molecule has 0 amide bonds. The van der Waals surface area contributed by atoms with Gasteiger partial charge in [-0.1, -0.05) is 44.2 Å². The van der Waals surface area contributed by atoms with Crippen molar-refractivity contribution in [1.29, 1.82) is 0 Å². The van der Waals surface area contributed by atoms with Gasteiger partial charge in [0, 0.05) is 24.6 Å². The van der Waals surface area contributed by atoms with Gasteiger partial charge in [0.1, 0.15) is 12.0 Å². The normalized spacial score (nSPS) is 12.7. The van der Waals surface area contributed by atoms with Gasteiger partial charge in [-0.05, 0) is 24.0 Å². The maximum absolute atomic E-state index is 10.9. The van der Waals surface area contributed by atoms with Gasteiger partial charge in [0.15, 0.2) is 0 Å².